The van der Waals surface area contributed by atoms with Gasteiger partial charge in [0.1, 0.15) is 0 Å². The molecule has 1 aromatic heterocycles. The van der Waals surface area contributed by atoms with Gasteiger partial charge in [-0.2, -0.15) is 4.98 Å². The largest absolute Gasteiger partial charge is 0.371 e. The highest BCUT2D eigenvalue weighted by Crippen LogP contribution is 2.25. The molecule has 3 rings (SSSR count). The molecule has 7 heteroatoms. The van der Waals surface area contributed by atoms with Gasteiger partial charge in [-0.05, 0) is 31.0 Å². The van der Waals surface area contributed by atoms with Crippen molar-refractivity contribution in [1.29, 1.82) is 0 Å². The highest BCUT2D eigenvalue weighted by Gasteiger charge is 2.24. The number of nitrogens with zero attached hydrogens (tertiary/aromatic N) is 4. The summed E-state index contributed by atoms with van der Waals surface area (Å²) in [5, 5.41) is 7.57. The number of hydrogen-bond donors (Lipinski definition) is 2. The van der Waals surface area contributed by atoms with Gasteiger partial charge in [-0.15, -0.1) is 5.10 Å². The van der Waals surface area contributed by atoms with E-state index in [9.17, 15) is 0 Å². The molecule has 21 heavy (non-hydrogen) atoms. The number of halogens is 1. The van der Waals surface area contributed by atoms with Crippen LogP contribution < -0.4 is 15.5 Å². The molecular formula is C14H19ClN6. The van der Waals surface area contributed by atoms with Crippen LogP contribution in [0.25, 0.3) is 0 Å². The van der Waals surface area contributed by atoms with Gasteiger partial charge in [0.25, 0.3) is 0 Å². The van der Waals surface area contributed by atoms with E-state index in [1.54, 1.807) is 0 Å². The van der Waals surface area contributed by atoms with Crippen molar-refractivity contribution in [3.8, 4) is 0 Å². The Morgan fingerprint density at radius 2 is 2.14 bits per heavy atom. The quantitative estimate of drug-likeness (QED) is 0.909. The summed E-state index contributed by atoms with van der Waals surface area (Å²) in [5.74, 6) is 1.06. The first kappa shape index (κ1) is 14.0. The molecule has 1 aromatic carbocycles. The summed E-state index contributed by atoms with van der Waals surface area (Å²) in [6.07, 6.45) is 2.11. The Hall–Kier alpha value is -1.95. The van der Waals surface area contributed by atoms with E-state index in [-0.39, 0.29) is 0 Å². The first-order valence-electron chi connectivity index (χ1n) is 7.05. The van der Waals surface area contributed by atoms with Crippen LogP contribution >= 0.6 is 11.6 Å². The van der Waals surface area contributed by atoms with Crippen LogP contribution in [-0.4, -0.2) is 41.4 Å². The molecule has 0 spiro atoms. The number of H-pyrrole nitrogens is 1. The lowest BCUT2D eigenvalue weighted by Gasteiger charge is -2.37. The van der Waals surface area contributed by atoms with Crippen LogP contribution in [-0.2, 0) is 0 Å². The van der Waals surface area contributed by atoms with Crippen molar-refractivity contribution in [2.75, 3.05) is 35.7 Å². The van der Waals surface area contributed by atoms with Gasteiger partial charge in [0.05, 0.1) is 0 Å². The summed E-state index contributed by atoms with van der Waals surface area (Å²) >= 11 is 6.07. The van der Waals surface area contributed by atoms with Crippen molar-refractivity contribution in [3.63, 3.8) is 0 Å². The molecule has 2 aromatic rings. The van der Waals surface area contributed by atoms with E-state index in [1.165, 1.54) is 0 Å². The predicted molar refractivity (Wildman–Crippen MR) is 85.9 cm³/mol. The van der Waals surface area contributed by atoms with Crippen molar-refractivity contribution in [1.82, 2.24) is 15.2 Å². The van der Waals surface area contributed by atoms with Gasteiger partial charge in [0, 0.05) is 36.9 Å². The molecule has 1 fully saturated rings. The lowest BCUT2D eigenvalue weighted by Crippen LogP contribution is -2.44. The zero-order chi connectivity index (χ0) is 14.8. The number of rotatable bonds is 3. The van der Waals surface area contributed by atoms with Gasteiger partial charge in [0.2, 0.25) is 11.9 Å². The Kier molecular flexibility index (Phi) is 3.88. The summed E-state index contributed by atoms with van der Waals surface area (Å²) in [6.45, 7) is 1.85. The number of hydrogen-bond acceptors (Lipinski definition) is 5. The molecule has 6 nitrogen and oxygen atoms in total. The maximum Gasteiger partial charge on any atom is 0.246 e. The Balaban J connectivity index is 1.63. The average molecular weight is 307 g/mol. The third kappa shape index (κ3) is 3.05. The molecule has 112 valence electrons. The summed E-state index contributed by atoms with van der Waals surface area (Å²) < 4.78 is 0. The standard InChI is InChI=1S/C14H19ClN6/c1-20(12-4-2-3-10(15)9-12)11-5-7-21(8-6-11)14-17-13(16)18-19-14/h2-4,9,11H,5-8H2,1H3,(H3,16,17,18,19). The van der Waals surface area contributed by atoms with E-state index >= 15 is 0 Å². The van der Waals surface area contributed by atoms with Gasteiger partial charge in [-0.3, -0.25) is 0 Å². The third-order valence-electron chi connectivity index (χ3n) is 4.00. The van der Waals surface area contributed by atoms with E-state index in [2.05, 4.69) is 38.1 Å². The molecule has 0 unspecified atom stereocenters. The van der Waals surface area contributed by atoms with Gasteiger partial charge in [-0.1, -0.05) is 17.7 Å². The number of nitrogens with two attached hydrogens (primary N) is 1. The second-order valence-electron chi connectivity index (χ2n) is 5.33. The van der Waals surface area contributed by atoms with Gasteiger partial charge >= 0.3 is 0 Å². The Morgan fingerprint density at radius 3 is 2.76 bits per heavy atom. The van der Waals surface area contributed by atoms with Gasteiger partial charge < -0.3 is 15.5 Å². The fraction of sp³-hybridized carbons (Fsp3) is 0.429. The molecule has 0 aliphatic carbocycles. The predicted octanol–water partition coefficient (Wildman–Crippen LogP) is 2.15. The van der Waals surface area contributed by atoms with Crippen LogP contribution in [0.5, 0.6) is 0 Å². The minimum atomic E-state index is 0.364. The maximum atomic E-state index is 6.07. The number of piperidine rings is 1. The summed E-state index contributed by atoms with van der Waals surface area (Å²) in [6, 6.07) is 8.48. The topological polar surface area (TPSA) is 74.1 Å². The van der Waals surface area contributed by atoms with E-state index in [0.717, 1.165) is 36.6 Å². The highest BCUT2D eigenvalue weighted by molar-refractivity contribution is 6.30. The van der Waals surface area contributed by atoms with Crippen molar-refractivity contribution in [3.05, 3.63) is 29.3 Å². The fourth-order valence-corrected chi connectivity index (χ4v) is 2.95. The summed E-state index contributed by atoms with van der Waals surface area (Å²) in [7, 11) is 2.12. The van der Waals surface area contributed by atoms with Gasteiger partial charge in [-0.25, -0.2) is 5.10 Å². The molecule has 3 N–H and O–H groups in total. The van der Waals surface area contributed by atoms with E-state index in [0.29, 0.717) is 17.9 Å². The number of nitrogen functional groups attached to an aromatic ring is 1. The third-order valence-corrected chi connectivity index (χ3v) is 4.24. The second kappa shape index (κ2) is 5.81. The number of aromatic amines is 1. The number of nitrogens with one attached hydrogen (secondary N) is 1. The zero-order valence-electron chi connectivity index (χ0n) is 12.0. The molecule has 1 aliphatic heterocycles. The van der Waals surface area contributed by atoms with E-state index < -0.39 is 0 Å². The lowest BCUT2D eigenvalue weighted by atomic mass is 10.0. The minimum absolute atomic E-state index is 0.364. The van der Waals surface area contributed by atoms with Gasteiger partial charge in [0.15, 0.2) is 0 Å². The van der Waals surface area contributed by atoms with Crippen molar-refractivity contribution in [2.45, 2.75) is 18.9 Å². The monoisotopic (exact) mass is 306 g/mol. The molecule has 2 heterocycles. The lowest BCUT2D eigenvalue weighted by molar-refractivity contribution is 0.478. The normalized spacial score (nSPS) is 16.2. The molecular weight excluding hydrogens is 288 g/mol. The smallest absolute Gasteiger partial charge is 0.246 e. The highest BCUT2D eigenvalue weighted by atomic mass is 35.5. The van der Waals surface area contributed by atoms with E-state index in [1.807, 2.05) is 18.2 Å². The zero-order valence-corrected chi connectivity index (χ0v) is 12.7. The molecule has 0 bridgehead atoms. The van der Waals surface area contributed by atoms with Crippen LogP contribution in [0.4, 0.5) is 17.6 Å². The minimum Gasteiger partial charge on any atom is -0.371 e. The SMILES string of the molecule is CN(c1cccc(Cl)c1)C1CCN(c2n[nH]c(N)n2)CC1. The van der Waals surface area contributed by atoms with Crippen LogP contribution in [0, 0.1) is 0 Å². The number of anilines is 3. The van der Waals surface area contributed by atoms with Crippen LogP contribution in [0.15, 0.2) is 24.3 Å². The first-order valence-corrected chi connectivity index (χ1v) is 7.42. The Labute approximate surface area is 128 Å². The van der Waals surface area contributed by atoms with Crippen molar-refractivity contribution < 1.29 is 0 Å². The van der Waals surface area contributed by atoms with Crippen LogP contribution in [0.3, 0.4) is 0 Å². The maximum absolute atomic E-state index is 6.07. The summed E-state index contributed by atoms with van der Waals surface area (Å²) in [4.78, 5) is 8.64. The molecule has 1 aliphatic rings. The molecule has 1 saturated heterocycles. The molecule has 0 atom stereocenters. The first-order chi connectivity index (χ1) is 10.1. The molecule has 0 amide bonds. The fourth-order valence-electron chi connectivity index (χ4n) is 2.77. The average Bonchev–Trinajstić information content (AvgIpc) is 2.93. The Morgan fingerprint density at radius 1 is 1.38 bits per heavy atom. The molecule has 0 saturated carbocycles. The number of aromatic nitrogens is 3. The van der Waals surface area contributed by atoms with Crippen LogP contribution in [0.1, 0.15) is 12.8 Å². The Bertz CT molecular complexity index is 605. The second-order valence-corrected chi connectivity index (χ2v) is 5.77. The van der Waals surface area contributed by atoms with Crippen LogP contribution in [0.2, 0.25) is 5.02 Å². The number of benzene rings is 1. The van der Waals surface area contributed by atoms with Crippen molar-refractivity contribution in [2.24, 2.45) is 0 Å². The molecule has 0 radical (unpaired) electrons. The summed E-state index contributed by atoms with van der Waals surface area (Å²) in [5.41, 5.74) is 6.73. The van der Waals surface area contributed by atoms with E-state index in [4.69, 9.17) is 17.3 Å². The van der Waals surface area contributed by atoms with Crippen molar-refractivity contribution >= 4 is 29.2 Å².